The lowest BCUT2D eigenvalue weighted by atomic mass is 9.99. The molecule has 0 aromatic carbocycles. The van der Waals surface area contributed by atoms with Crippen LogP contribution in [0.3, 0.4) is 0 Å². The van der Waals surface area contributed by atoms with E-state index in [4.69, 9.17) is 0 Å². The van der Waals surface area contributed by atoms with Gasteiger partial charge in [0.25, 0.3) is 0 Å². The number of nitrogens with zero attached hydrogens (tertiary/aromatic N) is 1. The maximum atomic E-state index is 11.9. The molecule has 0 amide bonds. The van der Waals surface area contributed by atoms with Crippen molar-refractivity contribution in [2.45, 2.75) is 6.18 Å². The van der Waals surface area contributed by atoms with Gasteiger partial charge in [0.15, 0.2) is 0 Å². The molecule has 0 aliphatic rings. The predicted molar refractivity (Wildman–Crippen MR) is 37.4 cm³/mol. The summed E-state index contributed by atoms with van der Waals surface area (Å²) in [7, 11) is 1.69. The summed E-state index contributed by atoms with van der Waals surface area (Å²) in [6, 6.07) is 2.35. The summed E-state index contributed by atoms with van der Waals surface area (Å²) in [5.41, 5.74) is -0.124. The molecule has 0 fully saturated rings. The SMILES string of the molecule is Bc1ccc(C(F)(F)F)nc1. The summed E-state index contributed by atoms with van der Waals surface area (Å²) in [5.74, 6) is 0. The molecule has 1 aromatic heterocycles. The van der Waals surface area contributed by atoms with Crippen LogP contribution in [0, 0.1) is 0 Å². The van der Waals surface area contributed by atoms with E-state index in [1.54, 1.807) is 7.85 Å². The van der Waals surface area contributed by atoms with Crippen molar-refractivity contribution in [3.05, 3.63) is 24.0 Å². The van der Waals surface area contributed by atoms with Crippen molar-refractivity contribution >= 4 is 13.3 Å². The van der Waals surface area contributed by atoms with Crippen LogP contribution in [0.4, 0.5) is 13.2 Å². The van der Waals surface area contributed by atoms with E-state index in [0.717, 1.165) is 11.5 Å². The topological polar surface area (TPSA) is 12.9 Å². The van der Waals surface area contributed by atoms with E-state index in [1.807, 2.05) is 0 Å². The molecule has 1 aromatic rings. The van der Waals surface area contributed by atoms with Gasteiger partial charge in [-0.15, -0.1) is 0 Å². The lowest BCUT2D eigenvalue weighted by Crippen LogP contribution is -2.11. The fourth-order valence-electron chi connectivity index (χ4n) is 0.635. The number of rotatable bonds is 0. The molecule has 1 nitrogen and oxygen atoms in total. The van der Waals surface area contributed by atoms with Crippen molar-refractivity contribution in [2.24, 2.45) is 0 Å². The number of alkyl halides is 3. The lowest BCUT2D eigenvalue weighted by Gasteiger charge is -2.04. The smallest absolute Gasteiger partial charge is 0.252 e. The highest BCUT2D eigenvalue weighted by Gasteiger charge is 2.31. The second kappa shape index (κ2) is 2.56. The van der Waals surface area contributed by atoms with E-state index in [9.17, 15) is 13.2 Å². The monoisotopic (exact) mass is 159 g/mol. The van der Waals surface area contributed by atoms with E-state index in [1.165, 1.54) is 12.3 Å². The first-order valence-corrected chi connectivity index (χ1v) is 3.00. The minimum Gasteiger partial charge on any atom is -0.252 e. The fourth-order valence-corrected chi connectivity index (χ4v) is 0.635. The maximum Gasteiger partial charge on any atom is 0.433 e. The van der Waals surface area contributed by atoms with Gasteiger partial charge < -0.3 is 0 Å². The summed E-state index contributed by atoms with van der Waals surface area (Å²) in [4.78, 5) is 3.22. The van der Waals surface area contributed by atoms with Crippen molar-refractivity contribution in [3.8, 4) is 0 Å². The third kappa shape index (κ3) is 1.96. The third-order valence-corrected chi connectivity index (χ3v) is 1.20. The second-order valence-electron chi connectivity index (χ2n) is 2.22. The van der Waals surface area contributed by atoms with Crippen molar-refractivity contribution in [3.63, 3.8) is 0 Å². The standard InChI is InChI=1S/C6H5BF3N/c7-4-1-2-5(11-3-4)6(8,9)10/h1-3H,7H2. The quantitative estimate of drug-likeness (QED) is 0.498. The minimum atomic E-state index is -4.33. The highest BCUT2D eigenvalue weighted by molar-refractivity contribution is 6.31. The number of pyridine rings is 1. The minimum absolute atomic E-state index is 0.720. The average molecular weight is 159 g/mol. The van der Waals surface area contributed by atoms with Gasteiger partial charge in [0, 0.05) is 6.20 Å². The molecule has 0 saturated heterocycles. The Bertz CT molecular complexity index is 241. The van der Waals surface area contributed by atoms with Crippen LogP contribution in [0.25, 0.3) is 0 Å². The van der Waals surface area contributed by atoms with Gasteiger partial charge in [0.05, 0.1) is 0 Å². The van der Waals surface area contributed by atoms with E-state index >= 15 is 0 Å². The van der Waals surface area contributed by atoms with Crippen LogP contribution in [-0.2, 0) is 6.18 Å². The number of hydrogen-bond donors (Lipinski definition) is 0. The molecule has 0 N–H and O–H groups in total. The zero-order valence-corrected chi connectivity index (χ0v) is 5.81. The normalized spacial score (nSPS) is 11.5. The van der Waals surface area contributed by atoms with Crippen LogP contribution in [0.15, 0.2) is 18.3 Å². The number of aromatic nitrogens is 1. The van der Waals surface area contributed by atoms with Crippen LogP contribution >= 0.6 is 0 Å². The number of hydrogen-bond acceptors (Lipinski definition) is 1. The van der Waals surface area contributed by atoms with Crippen molar-refractivity contribution in [1.29, 1.82) is 0 Å². The molecule has 0 atom stereocenters. The molecular formula is C6H5BF3N. The first-order valence-electron chi connectivity index (χ1n) is 3.00. The molecule has 0 aliphatic carbocycles. The molecule has 0 bridgehead atoms. The van der Waals surface area contributed by atoms with E-state index in [-0.39, 0.29) is 0 Å². The molecule has 0 saturated carbocycles. The number of halogens is 3. The van der Waals surface area contributed by atoms with E-state index in [0.29, 0.717) is 0 Å². The predicted octanol–water partition coefficient (Wildman–Crippen LogP) is 0.359. The van der Waals surface area contributed by atoms with Gasteiger partial charge in [-0.25, -0.2) is 0 Å². The highest BCUT2D eigenvalue weighted by Crippen LogP contribution is 2.26. The largest absolute Gasteiger partial charge is 0.433 e. The molecule has 1 heterocycles. The zero-order valence-electron chi connectivity index (χ0n) is 5.81. The fraction of sp³-hybridized carbons (Fsp3) is 0.167. The van der Waals surface area contributed by atoms with Gasteiger partial charge in [0.2, 0.25) is 0 Å². The Morgan fingerprint density at radius 3 is 2.27 bits per heavy atom. The average Bonchev–Trinajstić information content (AvgIpc) is 1.86. The lowest BCUT2D eigenvalue weighted by molar-refractivity contribution is -0.141. The van der Waals surface area contributed by atoms with Crippen LogP contribution in [0.1, 0.15) is 5.69 Å². The zero-order chi connectivity index (χ0) is 8.48. The Labute approximate surface area is 62.7 Å². The Morgan fingerprint density at radius 1 is 1.27 bits per heavy atom. The van der Waals surface area contributed by atoms with Gasteiger partial charge in [-0.3, -0.25) is 4.98 Å². The van der Waals surface area contributed by atoms with E-state index in [2.05, 4.69) is 4.98 Å². The molecule has 0 unspecified atom stereocenters. The highest BCUT2D eigenvalue weighted by atomic mass is 19.4. The molecule has 0 radical (unpaired) electrons. The van der Waals surface area contributed by atoms with Crippen molar-refractivity contribution in [1.82, 2.24) is 4.98 Å². The summed E-state index contributed by atoms with van der Waals surface area (Å²) < 4.78 is 35.6. The summed E-state index contributed by atoms with van der Waals surface area (Å²) in [5, 5.41) is 0. The molecule has 58 valence electrons. The Hall–Kier alpha value is -0.995. The van der Waals surface area contributed by atoms with Crippen molar-refractivity contribution < 1.29 is 13.2 Å². The molecule has 11 heavy (non-hydrogen) atoms. The van der Waals surface area contributed by atoms with Gasteiger partial charge in [-0.2, -0.15) is 13.2 Å². The van der Waals surface area contributed by atoms with Crippen LogP contribution in [-0.4, -0.2) is 12.8 Å². The first kappa shape index (κ1) is 8.10. The summed E-state index contributed by atoms with van der Waals surface area (Å²) >= 11 is 0. The van der Waals surface area contributed by atoms with Gasteiger partial charge in [0.1, 0.15) is 13.5 Å². The Kier molecular flexibility index (Phi) is 1.89. The van der Waals surface area contributed by atoms with Crippen LogP contribution in [0.5, 0.6) is 0 Å². The molecule has 0 aliphatic heterocycles. The van der Waals surface area contributed by atoms with Gasteiger partial charge >= 0.3 is 6.18 Å². The van der Waals surface area contributed by atoms with Crippen molar-refractivity contribution in [2.75, 3.05) is 0 Å². The Balaban J connectivity index is 2.99. The van der Waals surface area contributed by atoms with Crippen LogP contribution < -0.4 is 5.46 Å². The summed E-state index contributed by atoms with van der Waals surface area (Å²) in [6.07, 6.45) is -3.13. The summed E-state index contributed by atoms with van der Waals surface area (Å²) in [6.45, 7) is 0. The first-order chi connectivity index (χ1) is 5.00. The van der Waals surface area contributed by atoms with Gasteiger partial charge in [-0.05, 0) is 6.07 Å². The van der Waals surface area contributed by atoms with Crippen LogP contribution in [0.2, 0.25) is 0 Å². The molecular weight excluding hydrogens is 154 g/mol. The van der Waals surface area contributed by atoms with E-state index < -0.39 is 11.9 Å². The molecule has 0 spiro atoms. The molecule has 5 heteroatoms. The van der Waals surface area contributed by atoms with Gasteiger partial charge in [-0.1, -0.05) is 11.5 Å². The third-order valence-electron chi connectivity index (χ3n) is 1.20. The maximum absolute atomic E-state index is 11.9. The molecule has 1 rings (SSSR count). The second-order valence-corrected chi connectivity index (χ2v) is 2.22. The Morgan fingerprint density at radius 2 is 1.91 bits per heavy atom.